The summed E-state index contributed by atoms with van der Waals surface area (Å²) in [7, 11) is -4.87. The van der Waals surface area contributed by atoms with Gasteiger partial charge in [-0.1, -0.05) is 6.08 Å². The van der Waals surface area contributed by atoms with Crippen LogP contribution >= 0.6 is 7.82 Å². The topological polar surface area (TPSA) is 124 Å². The number of aliphatic hydroxyl groups excluding tert-OH is 2. The number of phosphoric acid groups is 1. The molecule has 4 N–H and O–H groups in total. The Morgan fingerprint density at radius 2 is 1.87 bits per heavy atom. The Balaban J connectivity index is 4.49. The van der Waals surface area contributed by atoms with Gasteiger partial charge in [-0.15, -0.1) is 0 Å². The van der Waals surface area contributed by atoms with Gasteiger partial charge >= 0.3 is 13.8 Å². The molecule has 0 aromatic rings. The Morgan fingerprint density at radius 3 is 2.27 bits per heavy atom. The van der Waals surface area contributed by atoms with Crippen molar-refractivity contribution >= 4 is 13.8 Å². The van der Waals surface area contributed by atoms with Crippen LogP contribution in [0.1, 0.15) is 12.8 Å². The highest BCUT2D eigenvalue weighted by Crippen LogP contribution is 2.37. The quantitative estimate of drug-likeness (QED) is 0.358. The van der Waals surface area contributed by atoms with Crippen LogP contribution in [-0.4, -0.2) is 39.2 Å². The van der Waals surface area contributed by atoms with Crippen molar-refractivity contribution in [2.45, 2.75) is 12.8 Å². The van der Waals surface area contributed by atoms with Crippen LogP contribution in [0.3, 0.4) is 0 Å². The summed E-state index contributed by atoms with van der Waals surface area (Å²) in [5.74, 6) is -1.19. The van der Waals surface area contributed by atoms with Crippen LogP contribution in [0.15, 0.2) is 11.6 Å². The van der Waals surface area contributed by atoms with Gasteiger partial charge in [-0.05, 0) is 6.42 Å². The zero-order valence-corrected chi connectivity index (χ0v) is 8.76. The SMILES string of the molecule is O=C(OP(=O)(O)O)C(=CCCO)CCO. The molecule has 0 unspecified atom stereocenters. The van der Waals surface area contributed by atoms with Crippen LogP contribution in [0, 0.1) is 0 Å². The lowest BCUT2D eigenvalue weighted by Gasteiger charge is -2.07. The number of hydrogen-bond acceptors (Lipinski definition) is 5. The van der Waals surface area contributed by atoms with Crippen LogP contribution in [0.2, 0.25) is 0 Å². The van der Waals surface area contributed by atoms with E-state index in [1.54, 1.807) is 0 Å². The van der Waals surface area contributed by atoms with E-state index in [4.69, 9.17) is 20.0 Å². The molecule has 0 amide bonds. The van der Waals surface area contributed by atoms with Gasteiger partial charge < -0.3 is 14.7 Å². The van der Waals surface area contributed by atoms with Gasteiger partial charge in [-0.3, -0.25) is 9.79 Å². The summed E-state index contributed by atoms with van der Waals surface area (Å²) < 4.78 is 14.2. The fourth-order valence-corrected chi connectivity index (χ4v) is 1.15. The maximum absolute atomic E-state index is 11.1. The van der Waals surface area contributed by atoms with E-state index in [0.29, 0.717) is 0 Å². The second-order valence-electron chi connectivity index (χ2n) is 2.58. The molecule has 7 nitrogen and oxygen atoms in total. The van der Waals surface area contributed by atoms with Gasteiger partial charge in [-0.2, -0.15) is 0 Å². The minimum absolute atomic E-state index is 0.0742. The van der Waals surface area contributed by atoms with Crippen molar-refractivity contribution in [1.82, 2.24) is 0 Å². The van der Waals surface area contributed by atoms with Gasteiger partial charge in [0.2, 0.25) is 0 Å². The molecular formula is C7H13O7P. The second kappa shape index (κ2) is 6.71. The largest absolute Gasteiger partial charge is 0.527 e. The summed E-state index contributed by atoms with van der Waals surface area (Å²) >= 11 is 0. The zero-order valence-electron chi connectivity index (χ0n) is 7.87. The van der Waals surface area contributed by atoms with E-state index < -0.39 is 13.8 Å². The van der Waals surface area contributed by atoms with Crippen molar-refractivity contribution in [3.05, 3.63) is 11.6 Å². The Kier molecular flexibility index (Phi) is 6.38. The van der Waals surface area contributed by atoms with E-state index in [0.717, 1.165) is 0 Å². The van der Waals surface area contributed by atoms with Crippen molar-refractivity contribution < 1.29 is 33.9 Å². The number of carbonyl (C=O) groups is 1. The molecule has 8 heteroatoms. The summed E-state index contributed by atoms with van der Waals surface area (Å²) in [4.78, 5) is 27.8. The third-order valence-corrected chi connectivity index (χ3v) is 1.77. The van der Waals surface area contributed by atoms with Gasteiger partial charge in [0.25, 0.3) is 0 Å². The molecule has 0 rings (SSSR count). The third kappa shape index (κ3) is 7.24. The Hall–Kier alpha value is -0.720. The summed E-state index contributed by atoms with van der Waals surface area (Å²) in [5.41, 5.74) is -0.0742. The molecule has 0 atom stereocenters. The molecule has 0 heterocycles. The van der Waals surface area contributed by atoms with Gasteiger partial charge in [0.05, 0.1) is 0 Å². The number of carbonyl (C=O) groups excluding carboxylic acids is 1. The highest BCUT2D eigenvalue weighted by atomic mass is 31.2. The van der Waals surface area contributed by atoms with Crippen molar-refractivity contribution in [2.24, 2.45) is 0 Å². The summed E-state index contributed by atoms with van der Waals surface area (Å²) in [6.07, 6.45) is 1.32. The van der Waals surface area contributed by atoms with Crippen molar-refractivity contribution in [2.75, 3.05) is 13.2 Å². The molecule has 0 aliphatic heterocycles. The van der Waals surface area contributed by atoms with Gasteiger partial charge in [0, 0.05) is 25.2 Å². The lowest BCUT2D eigenvalue weighted by atomic mass is 10.1. The first-order valence-corrected chi connectivity index (χ1v) is 5.64. The smallest absolute Gasteiger partial charge is 0.396 e. The number of phosphoric ester groups is 1. The molecule has 0 fully saturated rings. The number of rotatable bonds is 6. The monoisotopic (exact) mass is 240 g/mol. The molecule has 0 aromatic carbocycles. The van der Waals surface area contributed by atoms with E-state index in [1.165, 1.54) is 6.08 Å². The minimum atomic E-state index is -4.87. The van der Waals surface area contributed by atoms with Gasteiger partial charge in [0.1, 0.15) is 0 Å². The highest BCUT2D eigenvalue weighted by Gasteiger charge is 2.22. The predicted molar refractivity (Wildman–Crippen MR) is 49.6 cm³/mol. The average molecular weight is 240 g/mol. The van der Waals surface area contributed by atoms with Crippen LogP contribution in [0.5, 0.6) is 0 Å². The molecule has 0 bridgehead atoms. The average Bonchev–Trinajstić information content (AvgIpc) is 2.09. The first-order valence-electron chi connectivity index (χ1n) is 4.11. The van der Waals surface area contributed by atoms with E-state index >= 15 is 0 Å². The highest BCUT2D eigenvalue weighted by molar-refractivity contribution is 7.46. The van der Waals surface area contributed by atoms with Crippen molar-refractivity contribution in [3.8, 4) is 0 Å². The van der Waals surface area contributed by atoms with E-state index in [1.807, 2.05) is 0 Å². The van der Waals surface area contributed by atoms with Crippen LogP contribution in [0.25, 0.3) is 0 Å². The van der Waals surface area contributed by atoms with Crippen molar-refractivity contribution in [1.29, 1.82) is 0 Å². The Labute approximate surface area is 86.2 Å². The van der Waals surface area contributed by atoms with Crippen molar-refractivity contribution in [3.63, 3.8) is 0 Å². The molecule has 0 aromatic heterocycles. The van der Waals surface area contributed by atoms with Crippen LogP contribution in [-0.2, 0) is 13.9 Å². The summed E-state index contributed by atoms with van der Waals surface area (Å²) in [6, 6.07) is 0. The van der Waals surface area contributed by atoms with Gasteiger partial charge in [-0.25, -0.2) is 9.36 Å². The number of hydrogen-bond donors (Lipinski definition) is 4. The van der Waals surface area contributed by atoms with Crippen LogP contribution < -0.4 is 0 Å². The van der Waals surface area contributed by atoms with Gasteiger partial charge in [0.15, 0.2) is 0 Å². The predicted octanol–water partition coefficient (Wildman–Crippen LogP) is -0.687. The normalized spacial score (nSPS) is 12.7. The number of aliphatic hydroxyl groups is 2. The first kappa shape index (κ1) is 14.3. The summed E-state index contributed by atoms with van der Waals surface area (Å²) in [5, 5.41) is 17.1. The van der Waals surface area contributed by atoms with E-state index in [-0.39, 0.29) is 31.6 Å². The standard InChI is InChI=1S/C7H13O7P/c8-4-1-2-6(3-5-9)7(10)14-15(11,12)13/h2,8-9H,1,3-5H2,(H2,11,12,13). The maximum Gasteiger partial charge on any atom is 0.527 e. The fraction of sp³-hybridized carbons (Fsp3) is 0.571. The van der Waals surface area contributed by atoms with E-state index in [2.05, 4.69) is 4.52 Å². The molecule has 15 heavy (non-hydrogen) atoms. The molecule has 0 aliphatic carbocycles. The molecule has 88 valence electrons. The lowest BCUT2D eigenvalue weighted by Crippen LogP contribution is -2.08. The maximum atomic E-state index is 11.1. The first-order chi connectivity index (χ1) is 6.90. The molecule has 0 saturated heterocycles. The molecule has 0 spiro atoms. The summed E-state index contributed by atoms with van der Waals surface area (Å²) in [6.45, 7) is -0.564. The Bertz CT molecular complexity index is 279. The molecule has 0 aliphatic rings. The molecule has 0 saturated carbocycles. The lowest BCUT2D eigenvalue weighted by molar-refractivity contribution is -0.131. The molecular weight excluding hydrogens is 227 g/mol. The van der Waals surface area contributed by atoms with Crippen LogP contribution in [0.4, 0.5) is 0 Å². The third-order valence-electron chi connectivity index (χ3n) is 1.36. The second-order valence-corrected chi connectivity index (χ2v) is 3.75. The van der Waals surface area contributed by atoms with E-state index in [9.17, 15) is 9.36 Å². The Morgan fingerprint density at radius 1 is 1.27 bits per heavy atom. The zero-order chi connectivity index (χ0) is 11.9. The minimum Gasteiger partial charge on any atom is -0.396 e. The molecule has 0 radical (unpaired) electrons. The fourth-order valence-electron chi connectivity index (χ4n) is 0.813.